The zero-order valence-corrected chi connectivity index (χ0v) is 12.8. The molecule has 4 heteroatoms. The maximum absolute atomic E-state index is 10.7. The number of aliphatic hydroxyl groups is 1. The number of allylic oxidation sites excluding steroid dienone is 1. The lowest BCUT2D eigenvalue weighted by Crippen LogP contribution is -2.24. The SMILES string of the molecule is CC(O)c1ccc(C2c3ccccc3C=NN2C=CC=O)cc1. The molecule has 0 radical (unpaired) electrons. The number of hydrogen-bond acceptors (Lipinski definition) is 4. The standard InChI is InChI=1S/C19H18N2O2/c1-14(23)15-7-9-16(10-8-15)19-18-6-3-2-5-17(18)13-20-21(19)11-4-12-22/h2-14,19,23H,1H3. The van der Waals surface area contributed by atoms with E-state index in [2.05, 4.69) is 11.2 Å². The molecule has 3 rings (SSSR count). The van der Waals surface area contributed by atoms with Crippen molar-refractivity contribution in [2.45, 2.75) is 19.1 Å². The van der Waals surface area contributed by atoms with Gasteiger partial charge in [0.05, 0.1) is 12.3 Å². The molecular formula is C19H18N2O2. The van der Waals surface area contributed by atoms with Crippen LogP contribution in [0.15, 0.2) is 65.9 Å². The number of rotatable bonds is 4. The number of aldehydes is 1. The second-order valence-electron chi connectivity index (χ2n) is 5.48. The van der Waals surface area contributed by atoms with Gasteiger partial charge in [-0.05, 0) is 29.7 Å². The van der Waals surface area contributed by atoms with E-state index in [1.54, 1.807) is 24.3 Å². The highest BCUT2D eigenvalue weighted by Gasteiger charge is 2.25. The van der Waals surface area contributed by atoms with Crippen molar-refractivity contribution in [2.75, 3.05) is 0 Å². The molecule has 2 aromatic rings. The minimum absolute atomic E-state index is 0.101. The zero-order chi connectivity index (χ0) is 16.2. The number of hydrazone groups is 1. The number of benzene rings is 2. The molecule has 0 saturated heterocycles. The van der Waals surface area contributed by atoms with Gasteiger partial charge in [-0.1, -0.05) is 48.5 Å². The van der Waals surface area contributed by atoms with E-state index in [1.807, 2.05) is 42.5 Å². The summed E-state index contributed by atoms with van der Waals surface area (Å²) in [7, 11) is 0. The van der Waals surface area contributed by atoms with Gasteiger partial charge in [0.2, 0.25) is 0 Å². The summed E-state index contributed by atoms with van der Waals surface area (Å²) in [5.74, 6) is 0. The maximum atomic E-state index is 10.7. The van der Waals surface area contributed by atoms with E-state index in [1.165, 1.54) is 6.08 Å². The molecular weight excluding hydrogens is 288 g/mol. The van der Waals surface area contributed by atoms with Gasteiger partial charge in [0.25, 0.3) is 0 Å². The van der Waals surface area contributed by atoms with Crippen molar-refractivity contribution in [3.8, 4) is 0 Å². The minimum Gasteiger partial charge on any atom is -0.389 e. The fraction of sp³-hybridized carbons (Fsp3) is 0.158. The highest BCUT2D eigenvalue weighted by Crippen LogP contribution is 2.34. The summed E-state index contributed by atoms with van der Waals surface area (Å²) in [4.78, 5) is 10.7. The number of carbonyl (C=O) groups excluding carboxylic acids is 1. The number of fused-ring (bicyclic) bond motifs is 1. The zero-order valence-electron chi connectivity index (χ0n) is 12.8. The van der Waals surface area contributed by atoms with E-state index >= 15 is 0 Å². The van der Waals surface area contributed by atoms with Crippen molar-refractivity contribution in [1.82, 2.24) is 5.01 Å². The molecule has 0 aliphatic carbocycles. The van der Waals surface area contributed by atoms with Gasteiger partial charge in [0, 0.05) is 11.8 Å². The molecule has 2 unspecified atom stereocenters. The van der Waals surface area contributed by atoms with Crippen molar-refractivity contribution >= 4 is 12.5 Å². The fourth-order valence-electron chi connectivity index (χ4n) is 2.75. The first-order valence-electron chi connectivity index (χ1n) is 7.52. The lowest BCUT2D eigenvalue weighted by atomic mass is 9.92. The normalized spacial score (nSPS) is 18.0. The molecule has 0 bridgehead atoms. The molecule has 2 aromatic carbocycles. The second kappa shape index (κ2) is 6.58. The third kappa shape index (κ3) is 3.07. The molecule has 1 aliphatic heterocycles. The van der Waals surface area contributed by atoms with E-state index in [0.717, 1.165) is 28.5 Å². The Morgan fingerprint density at radius 3 is 2.61 bits per heavy atom. The monoisotopic (exact) mass is 306 g/mol. The first-order chi connectivity index (χ1) is 11.2. The predicted molar refractivity (Wildman–Crippen MR) is 90.0 cm³/mol. The van der Waals surface area contributed by atoms with Crippen LogP contribution in [0.1, 0.15) is 41.3 Å². The molecule has 0 saturated carbocycles. The Balaban J connectivity index is 2.05. The number of aliphatic hydroxyl groups excluding tert-OH is 1. The van der Waals surface area contributed by atoms with Crippen LogP contribution in [-0.4, -0.2) is 22.6 Å². The number of hydrogen-bond donors (Lipinski definition) is 1. The molecule has 1 N–H and O–H groups in total. The quantitative estimate of drug-likeness (QED) is 0.697. The Morgan fingerprint density at radius 1 is 1.17 bits per heavy atom. The number of carbonyl (C=O) groups is 1. The summed E-state index contributed by atoms with van der Waals surface area (Å²) in [5.41, 5.74) is 4.11. The Kier molecular flexibility index (Phi) is 4.35. The third-order valence-corrected chi connectivity index (χ3v) is 3.94. The molecule has 1 aliphatic rings. The molecule has 23 heavy (non-hydrogen) atoms. The van der Waals surface area contributed by atoms with Gasteiger partial charge in [-0.25, -0.2) is 0 Å². The lowest BCUT2D eigenvalue weighted by Gasteiger charge is -2.31. The summed E-state index contributed by atoms with van der Waals surface area (Å²) in [6.07, 6.45) is 5.15. The molecule has 2 atom stereocenters. The van der Waals surface area contributed by atoms with Crippen LogP contribution in [0.3, 0.4) is 0 Å². The van der Waals surface area contributed by atoms with Crippen molar-refractivity contribution in [2.24, 2.45) is 5.10 Å². The van der Waals surface area contributed by atoms with Gasteiger partial charge in [-0.2, -0.15) is 5.10 Å². The van der Waals surface area contributed by atoms with Gasteiger partial charge >= 0.3 is 0 Å². The van der Waals surface area contributed by atoms with Gasteiger partial charge < -0.3 is 5.11 Å². The fourth-order valence-corrected chi connectivity index (χ4v) is 2.75. The summed E-state index contributed by atoms with van der Waals surface area (Å²) in [5, 5.41) is 15.9. The molecule has 4 nitrogen and oxygen atoms in total. The van der Waals surface area contributed by atoms with E-state index in [0.29, 0.717) is 0 Å². The Labute approximate surface area is 135 Å². The molecule has 1 heterocycles. The molecule has 0 spiro atoms. The average molecular weight is 306 g/mol. The van der Waals surface area contributed by atoms with Crippen molar-refractivity contribution < 1.29 is 9.90 Å². The van der Waals surface area contributed by atoms with E-state index in [-0.39, 0.29) is 6.04 Å². The Morgan fingerprint density at radius 2 is 1.91 bits per heavy atom. The summed E-state index contributed by atoms with van der Waals surface area (Å²) >= 11 is 0. The average Bonchev–Trinajstić information content (AvgIpc) is 2.59. The van der Waals surface area contributed by atoms with E-state index in [4.69, 9.17) is 0 Å². The Hall–Kier alpha value is -2.72. The third-order valence-electron chi connectivity index (χ3n) is 3.94. The highest BCUT2D eigenvalue weighted by molar-refractivity contribution is 5.83. The van der Waals surface area contributed by atoms with Crippen LogP contribution in [0, 0.1) is 0 Å². The van der Waals surface area contributed by atoms with Gasteiger partial charge in [-0.15, -0.1) is 0 Å². The summed E-state index contributed by atoms with van der Waals surface area (Å²) < 4.78 is 0. The van der Waals surface area contributed by atoms with Crippen LogP contribution in [0.2, 0.25) is 0 Å². The van der Waals surface area contributed by atoms with Crippen LogP contribution in [0.4, 0.5) is 0 Å². The van der Waals surface area contributed by atoms with E-state index < -0.39 is 6.10 Å². The predicted octanol–water partition coefficient (Wildman–Crippen LogP) is 3.19. The highest BCUT2D eigenvalue weighted by atomic mass is 16.3. The lowest BCUT2D eigenvalue weighted by molar-refractivity contribution is -0.104. The molecule has 116 valence electrons. The van der Waals surface area contributed by atoms with Crippen LogP contribution in [-0.2, 0) is 4.79 Å². The van der Waals surface area contributed by atoms with Crippen molar-refractivity contribution in [1.29, 1.82) is 0 Å². The van der Waals surface area contributed by atoms with Crippen LogP contribution >= 0.6 is 0 Å². The van der Waals surface area contributed by atoms with Gasteiger partial charge in [0.1, 0.15) is 12.3 Å². The largest absolute Gasteiger partial charge is 0.389 e. The topological polar surface area (TPSA) is 52.9 Å². The van der Waals surface area contributed by atoms with Crippen molar-refractivity contribution in [3.05, 3.63) is 83.1 Å². The molecule has 0 amide bonds. The first kappa shape index (κ1) is 15.2. The maximum Gasteiger partial charge on any atom is 0.144 e. The van der Waals surface area contributed by atoms with Crippen LogP contribution < -0.4 is 0 Å². The molecule has 0 fully saturated rings. The smallest absolute Gasteiger partial charge is 0.144 e. The van der Waals surface area contributed by atoms with Crippen LogP contribution in [0.25, 0.3) is 0 Å². The van der Waals surface area contributed by atoms with Crippen molar-refractivity contribution in [3.63, 3.8) is 0 Å². The van der Waals surface area contributed by atoms with Gasteiger partial charge in [-0.3, -0.25) is 9.80 Å². The Bertz CT molecular complexity index is 748. The van der Waals surface area contributed by atoms with Gasteiger partial charge in [0.15, 0.2) is 0 Å². The van der Waals surface area contributed by atoms with Crippen LogP contribution in [0.5, 0.6) is 0 Å². The second-order valence-corrected chi connectivity index (χ2v) is 5.48. The first-order valence-corrected chi connectivity index (χ1v) is 7.52. The summed E-state index contributed by atoms with van der Waals surface area (Å²) in [6.45, 7) is 1.74. The molecule has 0 aromatic heterocycles. The summed E-state index contributed by atoms with van der Waals surface area (Å²) in [6, 6.07) is 15.8. The minimum atomic E-state index is -0.494. The van der Waals surface area contributed by atoms with E-state index in [9.17, 15) is 9.90 Å². The number of nitrogens with zero attached hydrogens (tertiary/aromatic N) is 2.